The molecule has 1 atom stereocenters. The second kappa shape index (κ2) is 9.01. The number of ether oxygens (including phenoxy) is 2. The van der Waals surface area contributed by atoms with Gasteiger partial charge in [-0.2, -0.15) is 5.26 Å². The van der Waals surface area contributed by atoms with Gasteiger partial charge in [0.1, 0.15) is 5.75 Å². The van der Waals surface area contributed by atoms with Crippen LogP contribution < -0.4 is 15.8 Å². The lowest BCUT2D eigenvalue weighted by Gasteiger charge is -2.14. The van der Waals surface area contributed by atoms with E-state index in [2.05, 4.69) is 5.32 Å². The van der Waals surface area contributed by atoms with Crippen molar-refractivity contribution in [3.63, 3.8) is 0 Å². The van der Waals surface area contributed by atoms with Gasteiger partial charge in [0.15, 0.2) is 12.7 Å². The fraction of sp³-hybridized carbons (Fsp3) is 0.158. The van der Waals surface area contributed by atoms with Gasteiger partial charge in [0.2, 0.25) is 5.91 Å². The Hall–Kier alpha value is -3.86. The smallest absolute Gasteiger partial charge is 0.344 e. The van der Waals surface area contributed by atoms with Crippen molar-refractivity contribution >= 4 is 23.5 Å². The van der Waals surface area contributed by atoms with Crippen molar-refractivity contribution in [2.24, 2.45) is 5.73 Å². The first-order valence-corrected chi connectivity index (χ1v) is 7.92. The molecule has 0 saturated heterocycles. The lowest BCUT2D eigenvalue weighted by molar-refractivity contribution is -0.155. The van der Waals surface area contributed by atoms with E-state index in [9.17, 15) is 14.4 Å². The normalized spacial score (nSPS) is 11.0. The third-order valence-electron chi connectivity index (χ3n) is 3.45. The van der Waals surface area contributed by atoms with Gasteiger partial charge in [-0.05, 0) is 55.5 Å². The topological polar surface area (TPSA) is 132 Å². The molecule has 2 aromatic rings. The van der Waals surface area contributed by atoms with Crippen LogP contribution in [-0.2, 0) is 14.3 Å². The molecule has 0 bridgehead atoms. The maximum Gasteiger partial charge on any atom is 0.344 e. The zero-order valence-electron chi connectivity index (χ0n) is 14.5. The first-order valence-electron chi connectivity index (χ1n) is 7.92. The third-order valence-corrected chi connectivity index (χ3v) is 3.45. The average molecular weight is 367 g/mol. The second-order valence-corrected chi connectivity index (χ2v) is 5.49. The molecule has 0 spiro atoms. The van der Waals surface area contributed by atoms with Gasteiger partial charge in [-0.15, -0.1) is 0 Å². The van der Waals surface area contributed by atoms with Crippen LogP contribution in [-0.4, -0.2) is 30.5 Å². The maximum atomic E-state index is 12.1. The molecular weight excluding hydrogens is 350 g/mol. The zero-order valence-corrected chi connectivity index (χ0v) is 14.5. The summed E-state index contributed by atoms with van der Waals surface area (Å²) in [7, 11) is 0. The van der Waals surface area contributed by atoms with Gasteiger partial charge in [-0.25, -0.2) is 4.79 Å². The Balaban J connectivity index is 1.81. The standard InChI is InChI=1S/C19H17N3O5/c1-12(19(25)22-15-6-4-14(5-7-15)18(21)24)27-17(23)11-26-16-8-2-13(10-20)3-9-16/h2-9,12H,11H2,1H3,(H2,21,24)(H,22,25)/t12-/m1/s1. The van der Waals surface area contributed by atoms with E-state index < -0.39 is 23.9 Å². The van der Waals surface area contributed by atoms with Crippen LogP contribution in [0.25, 0.3) is 0 Å². The van der Waals surface area contributed by atoms with Gasteiger partial charge in [-0.3, -0.25) is 9.59 Å². The lowest BCUT2D eigenvalue weighted by Crippen LogP contribution is -2.31. The van der Waals surface area contributed by atoms with Crippen LogP contribution in [0.4, 0.5) is 5.69 Å². The Labute approximate surface area is 155 Å². The van der Waals surface area contributed by atoms with Gasteiger partial charge in [0, 0.05) is 11.3 Å². The summed E-state index contributed by atoms with van der Waals surface area (Å²) in [5.74, 6) is -1.42. The number of hydrogen-bond acceptors (Lipinski definition) is 6. The van der Waals surface area contributed by atoms with E-state index in [0.29, 0.717) is 22.6 Å². The van der Waals surface area contributed by atoms with E-state index in [1.807, 2.05) is 6.07 Å². The number of primary amides is 1. The highest BCUT2D eigenvalue weighted by Gasteiger charge is 2.18. The van der Waals surface area contributed by atoms with Crippen molar-refractivity contribution in [2.45, 2.75) is 13.0 Å². The van der Waals surface area contributed by atoms with Gasteiger partial charge in [-0.1, -0.05) is 0 Å². The summed E-state index contributed by atoms with van der Waals surface area (Å²) in [6, 6.07) is 14.2. The summed E-state index contributed by atoms with van der Waals surface area (Å²) in [5.41, 5.74) is 6.36. The van der Waals surface area contributed by atoms with E-state index in [1.165, 1.54) is 31.2 Å². The van der Waals surface area contributed by atoms with Crippen LogP contribution in [0.5, 0.6) is 5.75 Å². The fourth-order valence-electron chi connectivity index (χ4n) is 2.01. The molecule has 27 heavy (non-hydrogen) atoms. The number of carbonyl (C=O) groups is 3. The minimum Gasteiger partial charge on any atom is -0.482 e. The number of hydrogen-bond donors (Lipinski definition) is 2. The lowest BCUT2D eigenvalue weighted by atomic mass is 10.2. The molecular formula is C19H17N3O5. The number of carbonyl (C=O) groups excluding carboxylic acids is 3. The van der Waals surface area contributed by atoms with Crippen molar-refractivity contribution in [1.82, 2.24) is 0 Å². The predicted molar refractivity (Wildman–Crippen MR) is 95.8 cm³/mol. The minimum atomic E-state index is -1.04. The molecule has 0 saturated carbocycles. The summed E-state index contributed by atoms with van der Waals surface area (Å²) < 4.78 is 10.3. The average Bonchev–Trinajstić information content (AvgIpc) is 2.67. The van der Waals surface area contributed by atoms with E-state index >= 15 is 0 Å². The van der Waals surface area contributed by atoms with Crippen molar-refractivity contribution < 1.29 is 23.9 Å². The first kappa shape index (κ1) is 19.5. The van der Waals surface area contributed by atoms with Crippen LogP contribution in [0, 0.1) is 11.3 Å². The molecule has 8 nitrogen and oxygen atoms in total. The third kappa shape index (κ3) is 5.86. The molecule has 0 heterocycles. The van der Waals surface area contributed by atoms with Crippen LogP contribution in [0.3, 0.4) is 0 Å². The Morgan fingerprint density at radius 2 is 1.74 bits per heavy atom. The number of nitriles is 1. The predicted octanol–water partition coefficient (Wildman–Crippen LogP) is 1.61. The molecule has 0 unspecified atom stereocenters. The van der Waals surface area contributed by atoms with E-state index in [4.69, 9.17) is 20.5 Å². The highest BCUT2D eigenvalue weighted by Crippen LogP contribution is 2.12. The molecule has 0 aliphatic rings. The molecule has 0 radical (unpaired) electrons. The zero-order chi connectivity index (χ0) is 19.8. The van der Waals surface area contributed by atoms with Crippen molar-refractivity contribution in [3.8, 4) is 11.8 Å². The molecule has 2 aromatic carbocycles. The Bertz CT molecular complexity index is 870. The number of benzene rings is 2. The molecule has 3 N–H and O–H groups in total. The molecule has 0 aliphatic carbocycles. The number of amides is 2. The summed E-state index contributed by atoms with van der Waals surface area (Å²) in [6.07, 6.45) is -1.04. The Morgan fingerprint density at radius 3 is 2.30 bits per heavy atom. The SMILES string of the molecule is C[C@@H](OC(=O)COc1ccc(C#N)cc1)C(=O)Nc1ccc(C(N)=O)cc1. The quantitative estimate of drug-likeness (QED) is 0.715. The van der Waals surface area contributed by atoms with Gasteiger partial charge < -0.3 is 20.5 Å². The number of anilines is 1. The summed E-state index contributed by atoms with van der Waals surface area (Å²) in [5, 5.41) is 11.3. The van der Waals surface area contributed by atoms with Gasteiger partial charge in [0.25, 0.3) is 5.91 Å². The minimum absolute atomic E-state index is 0.312. The monoisotopic (exact) mass is 367 g/mol. The van der Waals surface area contributed by atoms with Crippen molar-refractivity contribution in [2.75, 3.05) is 11.9 Å². The van der Waals surface area contributed by atoms with Gasteiger partial charge >= 0.3 is 5.97 Å². The molecule has 0 aromatic heterocycles. The summed E-state index contributed by atoms with van der Waals surface area (Å²) in [6.45, 7) is 1.05. The molecule has 8 heteroatoms. The number of nitrogens with zero attached hydrogens (tertiary/aromatic N) is 1. The van der Waals surface area contributed by atoms with Crippen LogP contribution >= 0.6 is 0 Å². The largest absolute Gasteiger partial charge is 0.482 e. The van der Waals surface area contributed by atoms with E-state index in [1.54, 1.807) is 24.3 Å². The number of nitrogens with one attached hydrogen (secondary N) is 1. The van der Waals surface area contributed by atoms with Gasteiger partial charge in [0.05, 0.1) is 11.6 Å². The van der Waals surface area contributed by atoms with Crippen molar-refractivity contribution in [3.05, 3.63) is 59.7 Å². The van der Waals surface area contributed by atoms with Crippen LogP contribution in [0.1, 0.15) is 22.8 Å². The van der Waals surface area contributed by atoms with Crippen LogP contribution in [0.2, 0.25) is 0 Å². The number of esters is 1. The summed E-state index contributed by atoms with van der Waals surface area (Å²) >= 11 is 0. The Kier molecular flexibility index (Phi) is 6.49. The molecule has 0 aliphatic heterocycles. The number of rotatable bonds is 7. The molecule has 2 amide bonds. The van der Waals surface area contributed by atoms with E-state index in [-0.39, 0.29) is 6.61 Å². The first-order chi connectivity index (χ1) is 12.9. The van der Waals surface area contributed by atoms with E-state index in [0.717, 1.165) is 0 Å². The van der Waals surface area contributed by atoms with Crippen LogP contribution in [0.15, 0.2) is 48.5 Å². The highest BCUT2D eigenvalue weighted by molar-refractivity contribution is 5.96. The molecule has 0 fully saturated rings. The second-order valence-electron chi connectivity index (χ2n) is 5.49. The maximum absolute atomic E-state index is 12.1. The fourth-order valence-corrected chi connectivity index (χ4v) is 2.01. The highest BCUT2D eigenvalue weighted by atomic mass is 16.6. The van der Waals surface area contributed by atoms with Crippen molar-refractivity contribution in [1.29, 1.82) is 5.26 Å². The number of nitrogens with two attached hydrogens (primary N) is 1. The summed E-state index contributed by atoms with van der Waals surface area (Å²) in [4.78, 5) is 34.9. The molecule has 138 valence electrons. The molecule has 2 rings (SSSR count). The Morgan fingerprint density at radius 1 is 1.11 bits per heavy atom.